The Kier molecular flexibility index (Phi) is 6.76. The standard InChI is InChI=1S/C23H19F3N2O4S2/c24-23(25,26)16-12-17-13(7-8-27-17)10-15(16)18-6-5-14(32-18)11-19-21(31)28(22(33)34-19)9-3-1-2-4-20(29)30/h5-8,10-12,31H,1-4,9H2,(H,29,30)/b14-11-,18-15+. The van der Waals surface area contributed by atoms with Crippen LogP contribution < -0.4 is 10.8 Å². The number of halogens is 3. The van der Waals surface area contributed by atoms with Gasteiger partial charge in [-0.05, 0) is 55.4 Å². The molecule has 0 atom stereocenters. The highest BCUT2D eigenvalue weighted by Gasteiger charge is 2.32. The van der Waals surface area contributed by atoms with E-state index >= 15 is 0 Å². The SMILES string of the molecule is O=C(O)CCCCCn1c(O)c(/C=c2/cc/c(=c3/cc4c(cc3C(F)(F)F)=NC=C4)o2)sc1=S. The van der Waals surface area contributed by atoms with E-state index in [9.17, 15) is 23.1 Å². The van der Waals surface area contributed by atoms with Gasteiger partial charge >= 0.3 is 12.1 Å². The zero-order valence-corrected chi connectivity index (χ0v) is 19.3. The van der Waals surface area contributed by atoms with Crippen molar-refractivity contribution in [3.8, 4) is 5.88 Å². The number of alkyl halides is 3. The van der Waals surface area contributed by atoms with Crippen LogP contribution >= 0.6 is 23.6 Å². The molecule has 0 unspecified atom stereocenters. The number of aromatic hydroxyl groups is 1. The lowest BCUT2D eigenvalue weighted by molar-refractivity contribution is -0.138. The zero-order chi connectivity index (χ0) is 24.5. The Morgan fingerprint density at radius 2 is 2.03 bits per heavy atom. The second kappa shape index (κ2) is 9.59. The Labute approximate surface area is 199 Å². The van der Waals surface area contributed by atoms with E-state index in [0.717, 1.165) is 17.4 Å². The van der Waals surface area contributed by atoms with Crippen molar-refractivity contribution in [3.05, 3.63) is 71.8 Å². The molecule has 11 heteroatoms. The van der Waals surface area contributed by atoms with Gasteiger partial charge in [0, 0.05) is 36.0 Å². The molecule has 178 valence electrons. The van der Waals surface area contributed by atoms with Gasteiger partial charge in [0.25, 0.3) is 0 Å². The number of thiazole rings is 1. The molecular weight excluding hydrogens is 489 g/mol. The van der Waals surface area contributed by atoms with Crippen LogP contribution in [-0.2, 0) is 17.5 Å². The molecule has 1 aliphatic heterocycles. The van der Waals surface area contributed by atoms with E-state index < -0.39 is 17.7 Å². The molecule has 0 saturated heterocycles. The third kappa shape index (κ3) is 5.15. The summed E-state index contributed by atoms with van der Waals surface area (Å²) in [5, 5.41) is 19.4. The maximum atomic E-state index is 13.7. The van der Waals surface area contributed by atoms with E-state index in [1.807, 2.05) is 0 Å². The van der Waals surface area contributed by atoms with E-state index in [-0.39, 0.29) is 33.7 Å². The number of nitrogens with zero attached hydrogens (tertiary/aromatic N) is 2. The minimum Gasteiger partial charge on any atom is -0.493 e. The van der Waals surface area contributed by atoms with Crippen LogP contribution in [0.15, 0.2) is 39.9 Å². The molecular formula is C23H19F3N2O4S2. The van der Waals surface area contributed by atoms with Crippen LogP contribution in [-0.4, -0.2) is 20.7 Å². The molecule has 4 rings (SSSR count). The van der Waals surface area contributed by atoms with E-state index in [2.05, 4.69) is 4.99 Å². The summed E-state index contributed by atoms with van der Waals surface area (Å²) in [5.41, 5.74) is 0.0415. The fraction of sp³-hybridized carbons (Fsp3) is 0.261. The van der Waals surface area contributed by atoms with Crippen molar-refractivity contribution >= 4 is 41.7 Å². The number of aromatic nitrogens is 1. The van der Waals surface area contributed by atoms with E-state index in [1.165, 1.54) is 30.5 Å². The Balaban J connectivity index is 1.69. The van der Waals surface area contributed by atoms with Gasteiger partial charge in [0.05, 0.1) is 15.8 Å². The summed E-state index contributed by atoms with van der Waals surface area (Å²) in [6, 6.07) is 5.39. The molecule has 2 N–H and O–H groups in total. The van der Waals surface area contributed by atoms with Gasteiger partial charge in [0.15, 0.2) is 3.95 Å². The normalized spacial score (nSPS) is 14.4. The van der Waals surface area contributed by atoms with Crippen molar-refractivity contribution in [2.45, 2.75) is 38.4 Å². The minimum atomic E-state index is -4.58. The highest BCUT2D eigenvalue weighted by atomic mass is 32.1. The number of aliphatic carboxylic acids is 1. The average Bonchev–Trinajstić information content (AvgIpc) is 3.47. The summed E-state index contributed by atoms with van der Waals surface area (Å²) >= 11 is 6.47. The molecule has 0 amide bonds. The van der Waals surface area contributed by atoms with Crippen LogP contribution in [0.5, 0.6) is 5.88 Å². The third-order valence-corrected chi connectivity index (χ3v) is 6.66. The molecule has 6 nitrogen and oxygen atoms in total. The molecule has 2 aromatic heterocycles. The summed E-state index contributed by atoms with van der Waals surface area (Å²) in [4.78, 5) is 15.0. The van der Waals surface area contributed by atoms with Crippen molar-refractivity contribution in [3.63, 3.8) is 0 Å². The van der Waals surface area contributed by atoms with E-state index in [0.29, 0.717) is 40.2 Å². The quantitative estimate of drug-likeness (QED) is 0.348. The van der Waals surface area contributed by atoms with E-state index in [1.54, 1.807) is 10.6 Å². The summed E-state index contributed by atoms with van der Waals surface area (Å²) in [7, 11) is 0. The number of fused-ring (bicyclic) bond motifs is 1. The van der Waals surface area contributed by atoms with Gasteiger partial charge in [-0.1, -0.05) is 6.42 Å². The van der Waals surface area contributed by atoms with Crippen molar-refractivity contribution < 1.29 is 32.6 Å². The highest BCUT2D eigenvalue weighted by Crippen LogP contribution is 2.30. The fourth-order valence-corrected chi connectivity index (χ4v) is 4.92. The van der Waals surface area contributed by atoms with Gasteiger partial charge in [-0.25, -0.2) is 0 Å². The predicted octanol–water partition coefficient (Wildman–Crippen LogP) is 4.96. The van der Waals surface area contributed by atoms with Crippen molar-refractivity contribution in [2.75, 3.05) is 0 Å². The fourth-order valence-electron chi connectivity index (χ4n) is 3.62. The molecule has 0 aliphatic carbocycles. The van der Waals surface area contributed by atoms with Crippen LogP contribution in [0.1, 0.15) is 41.7 Å². The first kappa shape index (κ1) is 24.0. The molecule has 0 saturated carbocycles. The van der Waals surface area contributed by atoms with Gasteiger partial charge in [-0.2, -0.15) is 13.2 Å². The summed E-state index contributed by atoms with van der Waals surface area (Å²) in [6.45, 7) is 0.431. The lowest BCUT2D eigenvalue weighted by atomic mass is 10.1. The smallest absolute Gasteiger partial charge is 0.417 e. The molecule has 1 aliphatic rings. The molecule has 3 aromatic rings. The number of unbranched alkanes of at least 4 members (excludes halogenated alkanes) is 2. The first-order chi connectivity index (χ1) is 16.1. The number of furan rings is 1. The summed E-state index contributed by atoms with van der Waals surface area (Å²) in [6.07, 6.45) is 1.96. The van der Waals surface area contributed by atoms with Crippen LogP contribution in [0.3, 0.4) is 0 Å². The minimum absolute atomic E-state index is 0.0441. The van der Waals surface area contributed by atoms with Crippen LogP contribution in [0, 0.1) is 14.6 Å². The lowest BCUT2D eigenvalue weighted by Crippen LogP contribution is -2.13. The maximum absolute atomic E-state index is 13.7. The van der Waals surface area contributed by atoms with Crippen molar-refractivity contribution in [2.24, 2.45) is 4.99 Å². The number of rotatable bonds is 7. The predicted molar refractivity (Wildman–Crippen MR) is 122 cm³/mol. The molecule has 0 radical (unpaired) electrons. The summed E-state index contributed by atoms with van der Waals surface area (Å²) in [5.74, 6) is -0.912. The monoisotopic (exact) mass is 508 g/mol. The molecule has 0 bridgehead atoms. The Hall–Kier alpha value is -3.18. The number of carboxylic acids is 1. The van der Waals surface area contributed by atoms with Gasteiger partial charge in [0.1, 0.15) is 10.8 Å². The maximum Gasteiger partial charge on any atom is 0.417 e. The van der Waals surface area contributed by atoms with Gasteiger partial charge < -0.3 is 14.6 Å². The molecule has 3 heterocycles. The highest BCUT2D eigenvalue weighted by molar-refractivity contribution is 7.73. The second-order valence-electron chi connectivity index (χ2n) is 7.66. The molecule has 0 fully saturated rings. The van der Waals surface area contributed by atoms with Crippen molar-refractivity contribution in [1.29, 1.82) is 0 Å². The summed E-state index contributed by atoms with van der Waals surface area (Å²) < 4.78 is 48.7. The largest absolute Gasteiger partial charge is 0.493 e. The van der Waals surface area contributed by atoms with Crippen LogP contribution in [0.2, 0.25) is 0 Å². The lowest BCUT2D eigenvalue weighted by Gasteiger charge is -2.07. The molecule has 1 aromatic carbocycles. The Bertz CT molecular complexity index is 1550. The van der Waals surface area contributed by atoms with Crippen LogP contribution in [0.4, 0.5) is 13.2 Å². The average molecular weight is 509 g/mol. The van der Waals surface area contributed by atoms with Gasteiger partial charge in [-0.15, -0.1) is 11.3 Å². The van der Waals surface area contributed by atoms with Gasteiger partial charge in [-0.3, -0.25) is 14.4 Å². The number of carbonyl (C=O) groups is 1. The Morgan fingerprint density at radius 3 is 2.76 bits per heavy atom. The van der Waals surface area contributed by atoms with Gasteiger partial charge in [0.2, 0.25) is 5.88 Å². The third-order valence-electron chi connectivity index (χ3n) is 5.27. The topological polar surface area (TPSA) is 88.0 Å². The van der Waals surface area contributed by atoms with E-state index in [4.69, 9.17) is 21.7 Å². The first-order valence-corrected chi connectivity index (χ1v) is 11.6. The second-order valence-corrected chi connectivity index (χ2v) is 9.33. The zero-order valence-electron chi connectivity index (χ0n) is 17.6. The molecule has 34 heavy (non-hydrogen) atoms. The molecule has 0 spiro atoms. The first-order valence-electron chi connectivity index (χ1n) is 10.4. The number of hydrogen-bond donors (Lipinski definition) is 2. The van der Waals surface area contributed by atoms with Crippen molar-refractivity contribution in [1.82, 2.24) is 4.57 Å². The number of hydrogen-bond acceptors (Lipinski definition) is 6. The number of carboxylic acid groups (broad SMARTS) is 1. The van der Waals surface area contributed by atoms with Crippen LogP contribution in [0.25, 0.3) is 12.2 Å². The number of benzene rings is 1. The Morgan fingerprint density at radius 1 is 1.24 bits per heavy atom.